The Hall–Kier alpha value is -4.16. The standard InChI is InChI=1S/C29H32N2O10/c1-28(2,3)41-26(34)30-19-13-31(36)20-11-18(25(33)37-4)12-21(39-14-17-9-7-6-8-10-17)22(20)29(15-32,24(31)23(19)30)16-40-27(35)38-5/h6-12,15,19,23-24H,13-14,16H2,1-5H3/t19-,23-,24+,29-,30?,31?/m0/s1. The van der Waals surface area contributed by atoms with Gasteiger partial charge in [-0.05, 0) is 32.4 Å². The van der Waals surface area contributed by atoms with Crippen molar-refractivity contribution in [3.63, 3.8) is 0 Å². The Morgan fingerprint density at radius 3 is 2.44 bits per heavy atom. The fraction of sp³-hybridized carbons (Fsp3) is 0.448. The van der Waals surface area contributed by atoms with E-state index < -0.39 is 58.6 Å². The first-order valence-electron chi connectivity index (χ1n) is 13.1. The first-order chi connectivity index (χ1) is 19.4. The predicted octanol–water partition coefficient (Wildman–Crippen LogP) is 3.46. The zero-order valence-corrected chi connectivity index (χ0v) is 23.4. The fourth-order valence-corrected chi connectivity index (χ4v) is 6.15. The Morgan fingerprint density at radius 1 is 1.12 bits per heavy atom. The van der Waals surface area contributed by atoms with Gasteiger partial charge >= 0.3 is 18.2 Å². The van der Waals surface area contributed by atoms with Crippen LogP contribution < -0.4 is 9.38 Å². The molecule has 41 heavy (non-hydrogen) atoms. The first-order valence-corrected chi connectivity index (χ1v) is 13.1. The number of nitrogens with zero attached hydrogens (tertiary/aromatic N) is 2. The van der Waals surface area contributed by atoms with E-state index in [1.54, 1.807) is 20.8 Å². The number of amides is 1. The van der Waals surface area contributed by atoms with Crippen molar-refractivity contribution in [2.45, 2.75) is 56.5 Å². The number of hydroxylamine groups is 2. The lowest BCUT2D eigenvalue weighted by Gasteiger charge is -2.44. The minimum Gasteiger partial charge on any atom is -0.627 e. The van der Waals surface area contributed by atoms with Crippen LogP contribution in [0.4, 0.5) is 15.3 Å². The van der Waals surface area contributed by atoms with Crippen LogP contribution in [0.25, 0.3) is 0 Å². The van der Waals surface area contributed by atoms with Gasteiger partial charge < -0.3 is 38.3 Å². The molecule has 0 spiro atoms. The van der Waals surface area contributed by atoms with Gasteiger partial charge in [0, 0.05) is 6.07 Å². The second kappa shape index (κ2) is 10.0. The lowest BCUT2D eigenvalue weighted by molar-refractivity contribution is -0.116. The average molecular weight is 569 g/mol. The minimum atomic E-state index is -1.73. The summed E-state index contributed by atoms with van der Waals surface area (Å²) < 4.78 is 25.6. The number of carbonyl (C=O) groups excluding carboxylic acids is 4. The molecule has 3 aliphatic heterocycles. The molecule has 2 aromatic carbocycles. The van der Waals surface area contributed by atoms with Gasteiger partial charge in [-0.3, -0.25) is 4.90 Å². The smallest absolute Gasteiger partial charge is 0.508 e. The highest BCUT2D eigenvalue weighted by molar-refractivity contribution is 5.94. The molecule has 2 saturated heterocycles. The average Bonchev–Trinajstić information content (AvgIpc) is 3.46. The van der Waals surface area contributed by atoms with Gasteiger partial charge in [-0.1, -0.05) is 30.3 Å². The summed E-state index contributed by atoms with van der Waals surface area (Å²) in [6, 6.07) is 9.68. The van der Waals surface area contributed by atoms with Crippen LogP contribution >= 0.6 is 0 Å². The molecule has 0 radical (unpaired) electrons. The summed E-state index contributed by atoms with van der Waals surface area (Å²) in [4.78, 5) is 52.4. The summed E-state index contributed by atoms with van der Waals surface area (Å²) >= 11 is 0. The van der Waals surface area contributed by atoms with Crippen molar-refractivity contribution in [1.82, 2.24) is 9.55 Å². The van der Waals surface area contributed by atoms with Gasteiger partial charge in [0.05, 0.1) is 25.3 Å². The molecule has 0 saturated carbocycles. The van der Waals surface area contributed by atoms with Crippen LogP contribution in [0.1, 0.15) is 42.3 Å². The fourth-order valence-electron chi connectivity index (χ4n) is 6.15. The number of benzene rings is 2. The zero-order valence-electron chi connectivity index (χ0n) is 23.4. The molecule has 3 heterocycles. The maximum absolute atomic E-state index is 14.8. The van der Waals surface area contributed by atoms with Gasteiger partial charge in [0.2, 0.25) is 0 Å². The number of methoxy groups -OCH3 is 2. The number of hydrogen-bond donors (Lipinski definition) is 0. The molecule has 1 unspecified atom stereocenters. The van der Waals surface area contributed by atoms with Crippen LogP contribution in [0.3, 0.4) is 0 Å². The van der Waals surface area contributed by atoms with E-state index in [2.05, 4.69) is 4.74 Å². The summed E-state index contributed by atoms with van der Waals surface area (Å²) in [5.41, 5.74) is -1.36. The van der Waals surface area contributed by atoms with E-state index in [1.807, 2.05) is 30.3 Å². The number of hydrogen-bond acceptors (Lipinski definition) is 10. The number of rotatable bonds is 7. The van der Waals surface area contributed by atoms with Crippen LogP contribution in [0.2, 0.25) is 0 Å². The van der Waals surface area contributed by atoms with E-state index in [-0.39, 0.29) is 35.7 Å². The Bertz CT molecular complexity index is 1390. The Labute approximate surface area is 236 Å². The maximum Gasteiger partial charge on any atom is 0.508 e. The Kier molecular flexibility index (Phi) is 6.94. The number of ether oxygens (including phenoxy) is 5. The van der Waals surface area contributed by atoms with Crippen LogP contribution in [0.5, 0.6) is 5.75 Å². The van der Waals surface area contributed by atoms with Crippen LogP contribution in [0.15, 0.2) is 42.5 Å². The zero-order chi connectivity index (χ0) is 29.7. The normalized spacial score (nSPS) is 27.2. The van der Waals surface area contributed by atoms with Gasteiger partial charge in [0.25, 0.3) is 0 Å². The van der Waals surface area contributed by atoms with E-state index >= 15 is 0 Å². The Morgan fingerprint density at radius 2 is 1.83 bits per heavy atom. The number of quaternary nitrogens is 1. The lowest BCUT2D eigenvalue weighted by atomic mass is 9.76. The molecule has 2 fully saturated rings. The predicted molar refractivity (Wildman–Crippen MR) is 144 cm³/mol. The van der Waals surface area contributed by atoms with Crippen molar-refractivity contribution in [3.8, 4) is 5.75 Å². The molecule has 0 aromatic heterocycles. The molecule has 0 bridgehead atoms. The molecule has 0 N–H and O–H groups in total. The lowest BCUT2D eigenvalue weighted by Crippen LogP contribution is -2.60. The number of carbonyl (C=O) groups is 4. The second-order valence-corrected chi connectivity index (χ2v) is 11.4. The summed E-state index contributed by atoms with van der Waals surface area (Å²) in [6.07, 6.45) is -1.09. The van der Waals surface area contributed by atoms with E-state index in [4.69, 9.17) is 18.9 Å². The molecular formula is C29H32N2O10. The molecule has 12 nitrogen and oxygen atoms in total. The molecular weight excluding hydrogens is 536 g/mol. The highest BCUT2D eigenvalue weighted by Crippen LogP contribution is 2.62. The second-order valence-electron chi connectivity index (χ2n) is 11.4. The quantitative estimate of drug-likeness (QED) is 0.122. The third-order valence-corrected chi connectivity index (χ3v) is 7.76. The van der Waals surface area contributed by atoms with Crippen molar-refractivity contribution in [2.75, 3.05) is 27.4 Å². The third kappa shape index (κ3) is 4.66. The molecule has 12 heteroatoms. The largest absolute Gasteiger partial charge is 0.627 e. The topological polar surface area (TPSA) is 140 Å². The monoisotopic (exact) mass is 568 g/mol. The molecule has 218 valence electrons. The molecule has 1 amide bonds. The number of piperazine rings is 1. The molecule has 5 atom stereocenters. The van der Waals surface area contributed by atoms with Crippen molar-refractivity contribution in [2.24, 2.45) is 0 Å². The van der Waals surface area contributed by atoms with E-state index in [0.717, 1.165) is 12.7 Å². The molecule has 3 aliphatic rings. The number of esters is 1. The van der Waals surface area contributed by atoms with Crippen molar-refractivity contribution in [3.05, 3.63) is 64.4 Å². The van der Waals surface area contributed by atoms with Crippen molar-refractivity contribution >= 4 is 30.2 Å². The molecule has 0 aliphatic carbocycles. The third-order valence-electron chi connectivity index (χ3n) is 7.76. The van der Waals surface area contributed by atoms with Gasteiger partial charge in [0.15, 0.2) is 0 Å². The molecule has 5 rings (SSSR count). The van der Waals surface area contributed by atoms with Crippen LogP contribution in [-0.4, -0.2) is 80.5 Å². The molecule has 2 aromatic rings. The number of aldehydes is 1. The van der Waals surface area contributed by atoms with E-state index in [0.29, 0.717) is 6.29 Å². The summed E-state index contributed by atoms with van der Waals surface area (Å²) in [7, 11) is 2.34. The van der Waals surface area contributed by atoms with Crippen LogP contribution in [0, 0.1) is 5.21 Å². The van der Waals surface area contributed by atoms with Gasteiger partial charge in [-0.15, -0.1) is 0 Å². The van der Waals surface area contributed by atoms with E-state index in [1.165, 1.54) is 24.1 Å². The Balaban J connectivity index is 1.64. The summed E-state index contributed by atoms with van der Waals surface area (Å²) in [5.74, 6) is -0.606. The SMILES string of the molecule is COC(=O)OC[C@@]1(C=O)c2c(OCc3ccccc3)cc(C(=O)OC)cc2[N+]2([O-])C[C@H]3[C@@H]([C@H]12)N3C(=O)OC(C)(C)C. The van der Waals surface area contributed by atoms with E-state index in [9.17, 15) is 24.4 Å². The van der Waals surface area contributed by atoms with Crippen molar-refractivity contribution < 1.29 is 42.9 Å². The van der Waals surface area contributed by atoms with Gasteiger partial charge in [0.1, 0.15) is 66.6 Å². The maximum atomic E-state index is 14.8. The van der Waals surface area contributed by atoms with Gasteiger partial charge in [-0.2, -0.15) is 0 Å². The minimum absolute atomic E-state index is 0.0570. The number of fused-ring (bicyclic) bond motifs is 5. The van der Waals surface area contributed by atoms with Crippen molar-refractivity contribution in [1.29, 1.82) is 0 Å². The summed E-state index contributed by atoms with van der Waals surface area (Å²) in [6.45, 7) is 4.60. The first kappa shape index (κ1) is 28.4. The van der Waals surface area contributed by atoms with Crippen LogP contribution in [-0.2, 0) is 35.8 Å². The highest BCUT2D eigenvalue weighted by atomic mass is 16.7. The van der Waals surface area contributed by atoms with Gasteiger partial charge in [-0.25, -0.2) is 14.4 Å². The highest BCUT2D eigenvalue weighted by Gasteiger charge is 2.78. The summed E-state index contributed by atoms with van der Waals surface area (Å²) in [5, 5.41) is 14.8.